The Morgan fingerprint density at radius 3 is 2.80 bits per heavy atom. The first-order valence-corrected chi connectivity index (χ1v) is 8.18. The third kappa shape index (κ3) is 4.36. The number of hydrogen-bond acceptors (Lipinski definition) is 6. The van der Waals surface area contributed by atoms with E-state index in [2.05, 4.69) is 15.3 Å². The molecule has 2 rings (SSSR count). The van der Waals surface area contributed by atoms with Gasteiger partial charge in [-0.25, -0.2) is 9.97 Å². The highest BCUT2D eigenvalue weighted by Crippen LogP contribution is 2.16. The molecule has 1 unspecified atom stereocenters. The Morgan fingerprint density at radius 2 is 2.20 bits per heavy atom. The van der Waals surface area contributed by atoms with Gasteiger partial charge in [-0.05, 0) is 13.8 Å². The minimum atomic E-state index is -0.0787. The summed E-state index contributed by atoms with van der Waals surface area (Å²) >= 11 is 3.12. The fourth-order valence-corrected chi connectivity index (χ4v) is 3.22. The summed E-state index contributed by atoms with van der Waals surface area (Å²) in [5.74, 6) is -0.0141. The molecule has 2 aromatic heterocycles. The predicted octanol–water partition coefficient (Wildman–Crippen LogP) is 1.83. The number of thiazole rings is 2. The summed E-state index contributed by atoms with van der Waals surface area (Å²) in [4.78, 5) is 20.5. The molecule has 0 bridgehead atoms. The van der Waals surface area contributed by atoms with Crippen LogP contribution in [0.4, 0.5) is 0 Å². The quantitative estimate of drug-likeness (QED) is 0.853. The molecule has 0 aromatic carbocycles. The van der Waals surface area contributed by atoms with Crippen molar-refractivity contribution in [3.63, 3.8) is 0 Å². The topological polar surface area (TPSA) is 80.9 Å². The van der Waals surface area contributed by atoms with Crippen molar-refractivity contribution in [1.29, 1.82) is 0 Å². The number of hydrogen-bond donors (Lipinski definition) is 2. The van der Waals surface area contributed by atoms with Crippen molar-refractivity contribution >= 4 is 28.6 Å². The van der Waals surface area contributed by atoms with E-state index in [-0.39, 0.29) is 11.9 Å². The zero-order valence-electron chi connectivity index (χ0n) is 11.5. The Morgan fingerprint density at radius 1 is 1.40 bits per heavy atom. The molecule has 1 amide bonds. The van der Waals surface area contributed by atoms with Gasteiger partial charge in [-0.15, -0.1) is 22.7 Å². The van der Waals surface area contributed by atoms with Gasteiger partial charge < -0.3 is 11.1 Å². The van der Waals surface area contributed by atoms with E-state index in [1.54, 1.807) is 11.3 Å². The van der Waals surface area contributed by atoms with Crippen LogP contribution in [0.1, 0.15) is 34.4 Å². The van der Waals surface area contributed by atoms with E-state index in [9.17, 15) is 4.79 Å². The summed E-state index contributed by atoms with van der Waals surface area (Å²) in [5.41, 5.74) is 7.56. The number of nitrogens with zero attached hydrogens (tertiary/aromatic N) is 2. The van der Waals surface area contributed by atoms with Crippen molar-refractivity contribution in [2.75, 3.05) is 6.54 Å². The first kappa shape index (κ1) is 15.1. The van der Waals surface area contributed by atoms with Crippen molar-refractivity contribution in [3.8, 4) is 0 Å². The van der Waals surface area contributed by atoms with Gasteiger partial charge in [0.05, 0.1) is 23.2 Å². The number of rotatable bonds is 6. The Labute approximate surface area is 126 Å². The zero-order chi connectivity index (χ0) is 14.5. The average molecular weight is 310 g/mol. The highest BCUT2D eigenvalue weighted by Gasteiger charge is 2.09. The van der Waals surface area contributed by atoms with Gasteiger partial charge in [0.25, 0.3) is 0 Å². The fraction of sp³-hybridized carbons (Fsp3) is 0.462. The van der Waals surface area contributed by atoms with Gasteiger partial charge in [0.2, 0.25) is 5.91 Å². The lowest BCUT2D eigenvalue weighted by atomic mass is 10.3. The van der Waals surface area contributed by atoms with Gasteiger partial charge >= 0.3 is 0 Å². The maximum absolute atomic E-state index is 11.8. The van der Waals surface area contributed by atoms with E-state index >= 15 is 0 Å². The molecule has 108 valence electrons. The van der Waals surface area contributed by atoms with Crippen LogP contribution in [0.3, 0.4) is 0 Å². The smallest absolute Gasteiger partial charge is 0.226 e. The largest absolute Gasteiger partial charge is 0.355 e. The van der Waals surface area contributed by atoms with Crippen LogP contribution in [-0.2, 0) is 17.6 Å². The molecule has 2 heterocycles. The first-order chi connectivity index (χ1) is 9.54. The molecule has 2 aromatic rings. The van der Waals surface area contributed by atoms with Crippen molar-refractivity contribution in [1.82, 2.24) is 15.3 Å². The summed E-state index contributed by atoms with van der Waals surface area (Å²) in [6.07, 6.45) is 1.08. The van der Waals surface area contributed by atoms with Crippen LogP contribution in [0.25, 0.3) is 0 Å². The number of aromatic nitrogens is 2. The molecule has 0 aliphatic rings. The number of aryl methyl sites for hydroxylation is 1. The predicted molar refractivity (Wildman–Crippen MR) is 82.0 cm³/mol. The van der Waals surface area contributed by atoms with Gasteiger partial charge in [0, 0.05) is 29.4 Å². The van der Waals surface area contributed by atoms with E-state index in [1.165, 1.54) is 11.3 Å². The van der Waals surface area contributed by atoms with Crippen LogP contribution in [-0.4, -0.2) is 22.4 Å². The second-order valence-electron chi connectivity index (χ2n) is 4.63. The average Bonchev–Trinajstić information content (AvgIpc) is 2.99. The summed E-state index contributed by atoms with van der Waals surface area (Å²) in [6.45, 7) is 4.46. The summed E-state index contributed by atoms with van der Waals surface area (Å²) in [6, 6.07) is -0.0787. The van der Waals surface area contributed by atoms with Gasteiger partial charge in [-0.1, -0.05) is 0 Å². The third-order valence-corrected chi connectivity index (χ3v) is 4.75. The molecule has 7 heteroatoms. The molecule has 0 saturated heterocycles. The molecule has 0 radical (unpaired) electrons. The standard InChI is InChI=1S/C13H18N4OS2/c1-8-6-19-12(16-8)3-4-15-11(18)5-10-7-20-13(17-10)9(2)14/h6-7,9H,3-5,14H2,1-2H3,(H,15,18). The van der Waals surface area contributed by atoms with Crippen LogP contribution in [0.2, 0.25) is 0 Å². The van der Waals surface area contributed by atoms with Crippen LogP contribution >= 0.6 is 22.7 Å². The first-order valence-electron chi connectivity index (χ1n) is 6.42. The SMILES string of the molecule is Cc1csc(CCNC(=O)Cc2csc(C(C)N)n2)n1. The third-order valence-electron chi connectivity index (χ3n) is 2.63. The van der Waals surface area contributed by atoms with Gasteiger partial charge in [-0.2, -0.15) is 0 Å². The molecule has 1 atom stereocenters. The Balaban J connectivity index is 1.74. The lowest BCUT2D eigenvalue weighted by Crippen LogP contribution is -2.27. The van der Waals surface area contributed by atoms with Gasteiger partial charge in [0.1, 0.15) is 5.01 Å². The Bertz CT molecular complexity index is 576. The number of carbonyl (C=O) groups excluding carboxylic acids is 1. The van der Waals surface area contributed by atoms with Crippen LogP contribution < -0.4 is 11.1 Å². The number of nitrogens with one attached hydrogen (secondary N) is 1. The second kappa shape index (κ2) is 6.92. The highest BCUT2D eigenvalue weighted by atomic mass is 32.1. The monoisotopic (exact) mass is 310 g/mol. The Kier molecular flexibility index (Phi) is 5.22. The maximum Gasteiger partial charge on any atom is 0.226 e. The zero-order valence-corrected chi connectivity index (χ0v) is 13.2. The van der Waals surface area contributed by atoms with Gasteiger partial charge in [-0.3, -0.25) is 4.79 Å². The molecule has 5 nitrogen and oxygen atoms in total. The van der Waals surface area contributed by atoms with E-state index in [0.29, 0.717) is 13.0 Å². The van der Waals surface area contributed by atoms with Crippen LogP contribution in [0, 0.1) is 6.92 Å². The number of nitrogens with two attached hydrogens (primary N) is 1. The highest BCUT2D eigenvalue weighted by molar-refractivity contribution is 7.10. The van der Waals surface area contributed by atoms with E-state index in [4.69, 9.17) is 5.73 Å². The van der Waals surface area contributed by atoms with Crippen molar-refractivity contribution in [2.24, 2.45) is 5.73 Å². The van der Waals surface area contributed by atoms with Crippen LogP contribution in [0.5, 0.6) is 0 Å². The van der Waals surface area contributed by atoms with E-state index in [1.807, 2.05) is 24.6 Å². The van der Waals surface area contributed by atoms with Crippen molar-refractivity contribution < 1.29 is 4.79 Å². The van der Waals surface area contributed by atoms with Crippen molar-refractivity contribution in [3.05, 3.63) is 32.2 Å². The van der Waals surface area contributed by atoms with Gasteiger partial charge in [0.15, 0.2) is 0 Å². The number of amides is 1. The summed E-state index contributed by atoms with van der Waals surface area (Å²) in [5, 5.41) is 8.71. The molecule has 0 aliphatic carbocycles. The fourth-order valence-electron chi connectivity index (χ4n) is 1.67. The Hall–Kier alpha value is -1.31. The normalized spacial score (nSPS) is 12.3. The molecule has 20 heavy (non-hydrogen) atoms. The molecule has 0 spiro atoms. The minimum absolute atomic E-state index is 0.0141. The summed E-state index contributed by atoms with van der Waals surface area (Å²) in [7, 11) is 0. The lowest BCUT2D eigenvalue weighted by Gasteiger charge is -2.02. The van der Waals surface area contributed by atoms with Crippen molar-refractivity contribution in [2.45, 2.75) is 32.7 Å². The molecule has 0 saturated carbocycles. The molecule has 3 N–H and O–H groups in total. The molecular weight excluding hydrogens is 292 g/mol. The van der Waals surface area contributed by atoms with E-state index < -0.39 is 0 Å². The van der Waals surface area contributed by atoms with E-state index in [0.717, 1.165) is 27.8 Å². The van der Waals surface area contributed by atoms with Crippen LogP contribution in [0.15, 0.2) is 10.8 Å². The lowest BCUT2D eigenvalue weighted by molar-refractivity contribution is -0.120. The molecular formula is C13H18N4OS2. The summed E-state index contributed by atoms with van der Waals surface area (Å²) < 4.78 is 0. The second-order valence-corrected chi connectivity index (χ2v) is 6.46. The molecule has 0 aliphatic heterocycles. The minimum Gasteiger partial charge on any atom is -0.355 e. The maximum atomic E-state index is 11.8. The molecule has 0 fully saturated rings. The number of carbonyl (C=O) groups is 1.